The number of hydrogen-bond acceptors (Lipinski definition) is 5. The molecule has 3 rings (SSSR count). The third-order valence-corrected chi connectivity index (χ3v) is 4.77. The van der Waals surface area contributed by atoms with Gasteiger partial charge in [0.05, 0.1) is 19.9 Å². The summed E-state index contributed by atoms with van der Waals surface area (Å²) in [6.45, 7) is 0. The molecule has 0 saturated carbocycles. The molecule has 0 N–H and O–H groups in total. The zero-order chi connectivity index (χ0) is 18.7. The van der Waals surface area contributed by atoms with Crippen molar-refractivity contribution >= 4 is 22.4 Å². The first-order valence-electron chi connectivity index (χ1n) is 7.75. The van der Waals surface area contributed by atoms with Crippen LogP contribution in [-0.4, -0.2) is 32.2 Å². The van der Waals surface area contributed by atoms with Crippen LogP contribution in [0.2, 0.25) is 0 Å². The highest BCUT2D eigenvalue weighted by molar-refractivity contribution is 7.14. The number of carbonyl (C=O) groups is 1. The molecule has 2 aromatic carbocycles. The van der Waals surface area contributed by atoms with Crippen molar-refractivity contribution in [2.75, 3.05) is 26.2 Å². The maximum Gasteiger partial charge on any atom is 0.259 e. The van der Waals surface area contributed by atoms with E-state index in [2.05, 4.69) is 4.98 Å². The van der Waals surface area contributed by atoms with Crippen molar-refractivity contribution in [3.8, 4) is 22.8 Å². The van der Waals surface area contributed by atoms with Crippen LogP contribution in [0.25, 0.3) is 11.3 Å². The van der Waals surface area contributed by atoms with Crippen molar-refractivity contribution in [3.63, 3.8) is 0 Å². The number of rotatable bonds is 5. The van der Waals surface area contributed by atoms with Crippen molar-refractivity contribution in [3.05, 3.63) is 59.2 Å². The Bertz CT molecular complexity index is 925. The lowest BCUT2D eigenvalue weighted by Crippen LogP contribution is -2.26. The molecular formula is C19H17FN2O3S. The number of ether oxygens (including phenoxy) is 2. The number of benzene rings is 2. The molecule has 1 amide bonds. The summed E-state index contributed by atoms with van der Waals surface area (Å²) in [7, 11) is 4.81. The van der Waals surface area contributed by atoms with Gasteiger partial charge in [-0.15, -0.1) is 11.3 Å². The van der Waals surface area contributed by atoms with Crippen LogP contribution in [0.5, 0.6) is 11.5 Å². The molecule has 0 aliphatic heterocycles. The Kier molecular flexibility index (Phi) is 5.18. The average molecular weight is 372 g/mol. The van der Waals surface area contributed by atoms with E-state index >= 15 is 0 Å². The fourth-order valence-electron chi connectivity index (χ4n) is 2.43. The summed E-state index contributed by atoms with van der Waals surface area (Å²) in [5, 5.41) is 2.38. The molecule has 5 nitrogen and oxygen atoms in total. The molecule has 0 atom stereocenters. The van der Waals surface area contributed by atoms with Gasteiger partial charge in [-0.25, -0.2) is 9.37 Å². The molecule has 0 unspecified atom stereocenters. The van der Waals surface area contributed by atoms with E-state index in [9.17, 15) is 9.18 Å². The molecule has 7 heteroatoms. The summed E-state index contributed by atoms with van der Waals surface area (Å²) < 4.78 is 23.7. The Morgan fingerprint density at radius 3 is 2.50 bits per heavy atom. The maximum absolute atomic E-state index is 13.0. The van der Waals surface area contributed by atoms with Gasteiger partial charge < -0.3 is 9.47 Å². The largest absolute Gasteiger partial charge is 0.497 e. The molecule has 1 heterocycles. The molecule has 134 valence electrons. The molecule has 0 spiro atoms. The quantitative estimate of drug-likeness (QED) is 0.672. The highest BCUT2D eigenvalue weighted by atomic mass is 32.1. The summed E-state index contributed by atoms with van der Waals surface area (Å²) in [5.74, 6) is 0.704. The Labute approximate surface area is 154 Å². The van der Waals surface area contributed by atoms with Gasteiger partial charge in [-0.05, 0) is 42.5 Å². The van der Waals surface area contributed by atoms with Crippen LogP contribution in [0.1, 0.15) is 10.4 Å². The van der Waals surface area contributed by atoms with E-state index in [1.165, 1.54) is 40.5 Å². The second kappa shape index (κ2) is 7.53. The van der Waals surface area contributed by atoms with Gasteiger partial charge in [0.1, 0.15) is 17.3 Å². The third-order valence-electron chi connectivity index (χ3n) is 3.86. The van der Waals surface area contributed by atoms with Crippen molar-refractivity contribution in [1.82, 2.24) is 4.98 Å². The fourth-order valence-corrected chi connectivity index (χ4v) is 3.22. The lowest BCUT2D eigenvalue weighted by Gasteiger charge is -2.14. The predicted molar refractivity (Wildman–Crippen MR) is 99.8 cm³/mol. The van der Waals surface area contributed by atoms with Crippen molar-refractivity contribution in [2.24, 2.45) is 0 Å². The number of carbonyl (C=O) groups excluding carboxylic acids is 1. The van der Waals surface area contributed by atoms with Crippen LogP contribution >= 0.6 is 11.3 Å². The SMILES string of the molecule is COc1ccc(OC)c(-c2csc(N(C)C(=O)c3ccc(F)cc3)n2)c1. The van der Waals surface area contributed by atoms with E-state index in [1.807, 2.05) is 11.4 Å². The first-order chi connectivity index (χ1) is 12.5. The molecular weight excluding hydrogens is 355 g/mol. The minimum atomic E-state index is -0.383. The average Bonchev–Trinajstić information content (AvgIpc) is 3.17. The van der Waals surface area contributed by atoms with E-state index in [-0.39, 0.29) is 11.7 Å². The first kappa shape index (κ1) is 17.9. The molecule has 0 bridgehead atoms. The monoisotopic (exact) mass is 372 g/mol. The van der Waals surface area contributed by atoms with Crippen LogP contribution in [-0.2, 0) is 0 Å². The van der Waals surface area contributed by atoms with Crippen molar-refractivity contribution in [1.29, 1.82) is 0 Å². The van der Waals surface area contributed by atoms with E-state index < -0.39 is 0 Å². The van der Waals surface area contributed by atoms with Crippen LogP contribution in [0.15, 0.2) is 47.8 Å². The smallest absolute Gasteiger partial charge is 0.259 e. The maximum atomic E-state index is 13.0. The van der Waals surface area contributed by atoms with Gasteiger partial charge in [-0.2, -0.15) is 0 Å². The molecule has 1 aromatic heterocycles. The highest BCUT2D eigenvalue weighted by Crippen LogP contribution is 2.35. The zero-order valence-electron chi connectivity index (χ0n) is 14.5. The van der Waals surface area contributed by atoms with Crippen LogP contribution in [0, 0.1) is 5.82 Å². The number of anilines is 1. The Morgan fingerprint density at radius 2 is 1.85 bits per heavy atom. The Hall–Kier alpha value is -2.93. The van der Waals surface area contributed by atoms with Gasteiger partial charge in [0.25, 0.3) is 5.91 Å². The second-order valence-corrected chi connectivity index (χ2v) is 6.29. The second-order valence-electron chi connectivity index (χ2n) is 5.45. The number of aromatic nitrogens is 1. The summed E-state index contributed by atoms with van der Waals surface area (Å²) in [6, 6.07) is 10.9. The topological polar surface area (TPSA) is 51.7 Å². The van der Waals surface area contributed by atoms with Crippen LogP contribution in [0.4, 0.5) is 9.52 Å². The summed E-state index contributed by atoms with van der Waals surface area (Å²) >= 11 is 1.33. The molecule has 0 fully saturated rings. The van der Waals surface area contributed by atoms with E-state index in [0.717, 1.165) is 5.56 Å². The van der Waals surface area contributed by atoms with E-state index in [4.69, 9.17) is 9.47 Å². The van der Waals surface area contributed by atoms with Gasteiger partial charge in [-0.1, -0.05) is 0 Å². The lowest BCUT2D eigenvalue weighted by molar-refractivity contribution is 0.0993. The highest BCUT2D eigenvalue weighted by Gasteiger charge is 2.18. The molecule has 0 aliphatic carbocycles. The normalized spacial score (nSPS) is 10.5. The molecule has 0 aliphatic rings. The van der Waals surface area contributed by atoms with Crippen molar-refractivity contribution in [2.45, 2.75) is 0 Å². The van der Waals surface area contributed by atoms with E-state index in [0.29, 0.717) is 27.9 Å². The summed E-state index contributed by atoms with van der Waals surface area (Å²) in [5.41, 5.74) is 1.85. The number of halogens is 1. The van der Waals surface area contributed by atoms with Gasteiger partial charge in [0.15, 0.2) is 5.13 Å². The Balaban J connectivity index is 1.90. The number of nitrogens with zero attached hydrogens (tertiary/aromatic N) is 2. The zero-order valence-corrected chi connectivity index (χ0v) is 15.3. The van der Waals surface area contributed by atoms with Gasteiger partial charge in [0.2, 0.25) is 0 Å². The Morgan fingerprint density at radius 1 is 1.12 bits per heavy atom. The fraction of sp³-hybridized carbons (Fsp3) is 0.158. The minimum Gasteiger partial charge on any atom is -0.497 e. The van der Waals surface area contributed by atoms with E-state index in [1.54, 1.807) is 33.4 Å². The van der Waals surface area contributed by atoms with Gasteiger partial charge in [0, 0.05) is 23.6 Å². The minimum absolute atomic E-state index is 0.261. The number of methoxy groups -OCH3 is 2. The molecule has 26 heavy (non-hydrogen) atoms. The number of thiazole rings is 1. The number of hydrogen-bond donors (Lipinski definition) is 0. The van der Waals surface area contributed by atoms with Gasteiger partial charge in [-0.3, -0.25) is 9.69 Å². The van der Waals surface area contributed by atoms with Crippen LogP contribution < -0.4 is 14.4 Å². The number of amides is 1. The van der Waals surface area contributed by atoms with Crippen molar-refractivity contribution < 1.29 is 18.7 Å². The summed E-state index contributed by atoms with van der Waals surface area (Å²) in [4.78, 5) is 18.5. The first-order valence-corrected chi connectivity index (χ1v) is 8.63. The predicted octanol–water partition coefficient (Wildman–Crippen LogP) is 4.24. The molecule has 0 saturated heterocycles. The molecule has 3 aromatic rings. The van der Waals surface area contributed by atoms with Crippen LogP contribution in [0.3, 0.4) is 0 Å². The lowest BCUT2D eigenvalue weighted by atomic mass is 10.1. The van der Waals surface area contributed by atoms with Gasteiger partial charge >= 0.3 is 0 Å². The standard InChI is InChI=1S/C19H17FN2O3S/c1-22(18(23)12-4-6-13(20)7-5-12)19-21-16(11-26-19)15-10-14(24-2)8-9-17(15)25-3/h4-11H,1-3H3. The third kappa shape index (κ3) is 3.52. The summed E-state index contributed by atoms with van der Waals surface area (Å²) in [6.07, 6.45) is 0. The molecule has 0 radical (unpaired) electrons.